The van der Waals surface area contributed by atoms with Crippen LogP contribution in [0.3, 0.4) is 0 Å². The number of nitriles is 1. The van der Waals surface area contributed by atoms with Crippen molar-refractivity contribution in [2.75, 3.05) is 0 Å². The van der Waals surface area contributed by atoms with Gasteiger partial charge in [-0.05, 0) is 73.4 Å². The molecule has 5 aromatic heterocycles. The Hall–Kier alpha value is -5.47. The zero-order chi connectivity index (χ0) is 29.8. The zero-order valence-electron chi connectivity index (χ0n) is 23.3. The topological polar surface area (TPSA) is 138 Å². The van der Waals surface area contributed by atoms with Crippen LogP contribution in [0.1, 0.15) is 53.2 Å². The largest absolute Gasteiger partial charge is 0.380 e. The summed E-state index contributed by atoms with van der Waals surface area (Å²) < 4.78 is 17.5. The van der Waals surface area contributed by atoms with Gasteiger partial charge in [0.25, 0.3) is 5.56 Å². The van der Waals surface area contributed by atoms with Crippen LogP contribution in [-0.4, -0.2) is 39.4 Å². The number of H-pyrrole nitrogens is 1. The molecular formula is C32H25FN8O2. The molecule has 1 saturated carbocycles. The van der Waals surface area contributed by atoms with Crippen LogP contribution >= 0.6 is 0 Å². The van der Waals surface area contributed by atoms with Crippen molar-refractivity contribution >= 4 is 10.9 Å². The van der Waals surface area contributed by atoms with Crippen LogP contribution in [0, 0.1) is 24.1 Å². The van der Waals surface area contributed by atoms with Gasteiger partial charge in [-0.25, -0.2) is 9.37 Å². The maximum absolute atomic E-state index is 14.4. The summed E-state index contributed by atoms with van der Waals surface area (Å²) in [6.45, 7) is 1.83. The van der Waals surface area contributed by atoms with Crippen molar-refractivity contribution in [3.63, 3.8) is 0 Å². The van der Waals surface area contributed by atoms with Crippen molar-refractivity contribution in [3.05, 3.63) is 112 Å². The van der Waals surface area contributed by atoms with Crippen molar-refractivity contribution < 1.29 is 9.50 Å². The Morgan fingerprint density at radius 2 is 1.95 bits per heavy atom. The second kappa shape index (κ2) is 10.1. The summed E-state index contributed by atoms with van der Waals surface area (Å²) in [5, 5.41) is 29.6. The smallest absolute Gasteiger partial charge is 0.280 e. The van der Waals surface area contributed by atoms with Crippen molar-refractivity contribution in [3.8, 4) is 34.4 Å². The molecule has 0 spiro atoms. The molecule has 7 rings (SSSR count). The highest BCUT2D eigenvalue weighted by molar-refractivity contribution is 5.86. The fraction of sp³-hybridized carbons (Fsp3) is 0.188. The molecule has 0 bridgehead atoms. The summed E-state index contributed by atoms with van der Waals surface area (Å²) in [5.74, 6) is 0.644. The van der Waals surface area contributed by atoms with Gasteiger partial charge in [0.15, 0.2) is 5.82 Å². The minimum absolute atomic E-state index is 0.169. The molecule has 1 aliphatic carbocycles. The Morgan fingerprint density at radius 1 is 1.12 bits per heavy atom. The third-order valence-corrected chi connectivity index (χ3v) is 7.74. The molecule has 0 amide bonds. The van der Waals surface area contributed by atoms with Gasteiger partial charge in [0.1, 0.15) is 35.7 Å². The molecule has 5 heterocycles. The van der Waals surface area contributed by atoms with Crippen molar-refractivity contribution in [1.82, 2.24) is 34.3 Å². The van der Waals surface area contributed by atoms with E-state index in [4.69, 9.17) is 4.98 Å². The lowest BCUT2D eigenvalue weighted by Crippen LogP contribution is -2.20. The number of hydrogen-bond acceptors (Lipinski definition) is 7. The van der Waals surface area contributed by atoms with Crippen molar-refractivity contribution in [2.45, 2.75) is 31.8 Å². The number of rotatable bonds is 6. The van der Waals surface area contributed by atoms with Crippen LogP contribution in [-0.2, 0) is 7.05 Å². The number of aromatic nitrogens is 7. The molecule has 0 radical (unpaired) electrons. The van der Waals surface area contributed by atoms with Crippen LogP contribution in [0.4, 0.5) is 4.39 Å². The van der Waals surface area contributed by atoms with Crippen LogP contribution in [0.5, 0.6) is 0 Å². The molecule has 0 aliphatic heterocycles. The Bertz CT molecular complexity index is 2150. The predicted molar refractivity (Wildman–Crippen MR) is 157 cm³/mol. The first-order chi connectivity index (χ1) is 20.8. The lowest BCUT2D eigenvalue weighted by Gasteiger charge is -2.14. The molecule has 10 nitrogen and oxygen atoms in total. The van der Waals surface area contributed by atoms with E-state index in [1.165, 1.54) is 22.9 Å². The quantitative estimate of drug-likeness (QED) is 0.291. The third-order valence-electron chi connectivity index (χ3n) is 7.74. The number of pyridine rings is 3. The highest BCUT2D eigenvalue weighted by Gasteiger charge is 2.27. The van der Waals surface area contributed by atoms with Gasteiger partial charge in [0.05, 0.1) is 17.0 Å². The molecule has 1 aromatic carbocycles. The van der Waals surface area contributed by atoms with Crippen LogP contribution < -0.4 is 5.56 Å². The summed E-state index contributed by atoms with van der Waals surface area (Å²) in [6.07, 6.45) is 3.84. The molecule has 1 fully saturated rings. The summed E-state index contributed by atoms with van der Waals surface area (Å²) >= 11 is 0. The molecule has 6 aromatic rings. The van der Waals surface area contributed by atoms with E-state index in [2.05, 4.69) is 26.2 Å². The van der Waals surface area contributed by atoms with Crippen molar-refractivity contribution in [2.24, 2.45) is 7.05 Å². The van der Waals surface area contributed by atoms with E-state index < -0.39 is 17.5 Å². The number of fused-ring (bicyclic) bond motifs is 1. The predicted octanol–water partition coefficient (Wildman–Crippen LogP) is 4.85. The van der Waals surface area contributed by atoms with Gasteiger partial charge in [0.2, 0.25) is 0 Å². The monoisotopic (exact) mass is 572 g/mol. The van der Waals surface area contributed by atoms with Crippen LogP contribution in [0.2, 0.25) is 0 Å². The highest BCUT2D eigenvalue weighted by atomic mass is 19.1. The van der Waals surface area contributed by atoms with Gasteiger partial charge in [-0.1, -0.05) is 12.1 Å². The Balaban J connectivity index is 1.41. The van der Waals surface area contributed by atoms with Gasteiger partial charge < -0.3 is 14.7 Å². The minimum atomic E-state index is -1.12. The molecule has 1 aliphatic rings. The number of hydrogen-bond donors (Lipinski definition) is 2. The Labute approximate surface area is 244 Å². The van der Waals surface area contributed by atoms with Gasteiger partial charge in [-0.2, -0.15) is 5.26 Å². The molecule has 1 atom stereocenters. The number of nitrogens with one attached hydrogen (secondary N) is 1. The normalized spacial score (nSPS) is 13.7. The average Bonchev–Trinajstić information content (AvgIpc) is 3.62. The molecule has 1 unspecified atom stereocenters. The second-order valence-electron chi connectivity index (χ2n) is 10.8. The van der Waals surface area contributed by atoms with E-state index >= 15 is 0 Å². The first-order valence-electron chi connectivity index (χ1n) is 13.8. The number of aryl methyl sites for hydroxylation is 2. The van der Waals surface area contributed by atoms with Gasteiger partial charge in [-0.3, -0.25) is 14.3 Å². The fourth-order valence-electron chi connectivity index (χ4n) is 5.40. The van der Waals surface area contributed by atoms with Crippen molar-refractivity contribution in [1.29, 1.82) is 5.26 Å². The fourth-order valence-corrected chi connectivity index (χ4v) is 5.40. The molecular weight excluding hydrogens is 547 g/mol. The summed E-state index contributed by atoms with van der Waals surface area (Å²) in [7, 11) is 1.78. The van der Waals surface area contributed by atoms with E-state index in [1.54, 1.807) is 48.3 Å². The standard InChI is InChI=1S/C32H25FN8O2/c1-17-4-3-5-25(36-17)30(42)27-13-23-20(14-34)15-41(32(43)29(23)38-27)28-11-19(10-26(37-28)18-6-7-18)22-9-8-21(33)12-24(22)31-39-35-16-40(31)2/h3-5,8-13,15-16,18,30,38,42H,6-7H2,1-2H3. The molecule has 0 saturated heterocycles. The number of aliphatic hydroxyl groups is 1. The number of benzene rings is 1. The number of halogens is 1. The Morgan fingerprint density at radius 3 is 2.67 bits per heavy atom. The van der Waals surface area contributed by atoms with E-state index in [9.17, 15) is 19.6 Å². The second-order valence-corrected chi connectivity index (χ2v) is 10.8. The molecule has 43 heavy (non-hydrogen) atoms. The first-order valence-corrected chi connectivity index (χ1v) is 13.8. The van der Waals surface area contributed by atoms with Gasteiger partial charge in [0, 0.05) is 41.5 Å². The maximum Gasteiger partial charge on any atom is 0.280 e. The van der Waals surface area contributed by atoms with E-state index in [0.717, 1.165) is 29.8 Å². The van der Waals surface area contributed by atoms with Gasteiger partial charge in [-0.15, -0.1) is 10.2 Å². The maximum atomic E-state index is 14.4. The third kappa shape index (κ3) is 4.67. The summed E-state index contributed by atoms with van der Waals surface area (Å²) in [5.41, 5.74) is 4.28. The molecule has 11 heteroatoms. The lowest BCUT2D eigenvalue weighted by atomic mass is 9.98. The lowest BCUT2D eigenvalue weighted by molar-refractivity contribution is 0.211. The highest BCUT2D eigenvalue weighted by Crippen LogP contribution is 2.42. The number of aromatic amines is 1. The van der Waals surface area contributed by atoms with Crippen LogP contribution in [0.15, 0.2) is 71.9 Å². The van der Waals surface area contributed by atoms with E-state index in [-0.39, 0.29) is 17.0 Å². The zero-order valence-corrected chi connectivity index (χ0v) is 23.3. The minimum Gasteiger partial charge on any atom is -0.380 e. The van der Waals surface area contributed by atoms with Gasteiger partial charge >= 0.3 is 0 Å². The average molecular weight is 573 g/mol. The van der Waals surface area contributed by atoms with E-state index in [1.807, 2.05) is 19.1 Å². The van der Waals surface area contributed by atoms with E-state index in [0.29, 0.717) is 39.5 Å². The number of aliphatic hydroxyl groups excluding tert-OH is 1. The number of nitrogens with zero attached hydrogens (tertiary/aromatic N) is 7. The summed E-state index contributed by atoms with van der Waals surface area (Å²) in [4.78, 5) is 26.2. The SMILES string of the molecule is Cc1cccc(C(O)c2cc3c(C#N)cn(-c4cc(-c5ccc(F)cc5-c5nncn5C)cc(C5CC5)n4)c(=O)c3[nH]2)n1. The van der Waals surface area contributed by atoms with Crippen LogP contribution in [0.25, 0.3) is 39.2 Å². The Kier molecular flexibility index (Phi) is 6.22. The molecule has 2 N–H and O–H groups in total. The molecule has 212 valence electrons. The summed E-state index contributed by atoms with van der Waals surface area (Å²) in [6, 6.07) is 17.3. The first kappa shape index (κ1) is 26.4.